The Balaban J connectivity index is 0.00000216. The third-order valence-electron chi connectivity index (χ3n) is 4.85. The first-order valence-electron chi connectivity index (χ1n) is 9.11. The SMILES string of the molecule is O=C(O)c1ccc(-c2nn(C(=O)c3c(Cl)cccc3C(F)(F)F)c3cccc(F)c23)c(Cl)c1.[H-].[Na+]. The second kappa shape index (κ2) is 9.67. The van der Waals surface area contributed by atoms with E-state index in [2.05, 4.69) is 5.10 Å². The monoisotopic (exact) mass is 520 g/mol. The van der Waals surface area contributed by atoms with Crippen LogP contribution in [0.15, 0.2) is 54.6 Å². The van der Waals surface area contributed by atoms with Gasteiger partial charge >= 0.3 is 41.7 Å². The van der Waals surface area contributed by atoms with Crippen LogP contribution in [0.3, 0.4) is 0 Å². The normalized spacial score (nSPS) is 11.4. The molecule has 0 saturated heterocycles. The number of fused-ring (bicyclic) bond motifs is 1. The molecule has 4 rings (SSSR count). The van der Waals surface area contributed by atoms with Crippen LogP contribution in [0, 0.1) is 5.82 Å². The maximum absolute atomic E-state index is 14.8. The zero-order chi connectivity index (χ0) is 24.1. The summed E-state index contributed by atoms with van der Waals surface area (Å²) in [7, 11) is 0. The number of hydrogen-bond acceptors (Lipinski definition) is 3. The van der Waals surface area contributed by atoms with Gasteiger partial charge in [0.25, 0.3) is 5.91 Å². The van der Waals surface area contributed by atoms with Crippen LogP contribution in [0.5, 0.6) is 0 Å². The van der Waals surface area contributed by atoms with Crippen molar-refractivity contribution in [3.63, 3.8) is 0 Å². The van der Waals surface area contributed by atoms with Gasteiger partial charge in [-0.25, -0.2) is 9.18 Å². The van der Waals surface area contributed by atoms with Crippen LogP contribution in [0.1, 0.15) is 27.7 Å². The predicted octanol–water partition coefficient (Wildman–Crippen LogP) is 3.67. The summed E-state index contributed by atoms with van der Waals surface area (Å²) < 4.78 is 56.0. The number of carbonyl (C=O) groups is 2. The number of benzene rings is 3. The maximum atomic E-state index is 14.8. The minimum absolute atomic E-state index is 0. The summed E-state index contributed by atoms with van der Waals surface area (Å²) in [4.78, 5) is 24.4. The number of rotatable bonds is 3. The molecule has 0 amide bonds. The minimum Gasteiger partial charge on any atom is -1.00 e. The van der Waals surface area contributed by atoms with E-state index in [9.17, 15) is 27.2 Å². The first-order valence-corrected chi connectivity index (χ1v) is 9.87. The number of aromatic carboxylic acids is 1. The van der Waals surface area contributed by atoms with Gasteiger partial charge in [-0.3, -0.25) is 4.79 Å². The average molecular weight is 521 g/mol. The van der Waals surface area contributed by atoms with Crippen molar-refractivity contribution < 1.29 is 63.2 Å². The van der Waals surface area contributed by atoms with Crippen molar-refractivity contribution in [2.75, 3.05) is 0 Å². The van der Waals surface area contributed by atoms with E-state index in [0.29, 0.717) is 10.7 Å². The molecule has 1 aromatic heterocycles. The molecule has 0 aliphatic heterocycles. The van der Waals surface area contributed by atoms with Gasteiger partial charge in [0.2, 0.25) is 0 Å². The van der Waals surface area contributed by atoms with Gasteiger partial charge in [-0.2, -0.15) is 23.0 Å². The predicted molar refractivity (Wildman–Crippen MR) is 114 cm³/mol. The number of halogens is 6. The second-order valence-corrected chi connectivity index (χ2v) is 7.67. The largest absolute Gasteiger partial charge is 1.00 e. The van der Waals surface area contributed by atoms with Crippen LogP contribution < -0.4 is 29.6 Å². The molecule has 0 aliphatic carbocycles. The first-order chi connectivity index (χ1) is 15.5. The zero-order valence-corrected chi connectivity index (χ0v) is 20.6. The van der Waals surface area contributed by atoms with Crippen LogP contribution in [0.25, 0.3) is 22.2 Å². The molecule has 0 bridgehead atoms. The van der Waals surface area contributed by atoms with Gasteiger partial charge in [-0.05, 0) is 36.4 Å². The molecule has 4 aromatic rings. The van der Waals surface area contributed by atoms with Crippen molar-refractivity contribution in [1.29, 1.82) is 0 Å². The zero-order valence-electron chi connectivity index (χ0n) is 18.1. The van der Waals surface area contributed by atoms with E-state index < -0.39 is 40.0 Å². The number of hydrogen-bond donors (Lipinski definition) is 1. The fourth-order valence-electron chi connectivity index (χ4n) is 3.39. The summed E-state index contributed by atoms with van der Waals surface area (Å²) in [6.45, 7) is 0. The Morgan fingerprint density at radius 3 is 2.29 bits per heavy atom. The van der Waals surface area contributed by atoms with Gasteiger partial charge < -0.3 is 6.53 Å². The third-order valence-corrected chi connectivity index (χ3v) is 5.48. The quantitative estimate of drug-likeness (QED) is 0.330. The number of carboxylic acids is 1. The van der Waals surface area contributed by atoms with Crippen LogP contribution in [-0.2, 0) is 6.18 Å². The summed E-state index contributed by atoms with van der Waals surface area (Å²) in [5.41, 5.74) is -2.46. The van der Waals surface area contributed by atoms with E-state index in [1.807, 2.05) is 0 Å². The molecular weight excluding hydrogens is 510 g/mol. The molecule has 0 unspecified atom stereocenters. The Bertz CT molecular complexity index is 1460. The summed E-state index contributed by atoms with van der Waals surface area (Å²) in [6.07, 6.45) is -4.89. The van der Waals surface area contributed by atoms with Gasteiger partial charge in [-0.1, -0.05) is 41.4 Å². The Morgan fingerprint density at radius 2 is 1.68 bits per heavy atom. The molecule has 0 fully saturated rings. The standard InChI is InChI=1S/C22H10Cl2F4N2O3.Na.H/c23-13-4-1-3-12(22(26,27)28)17(13)20(31)30-16-6-2-5-15(25)18(16)19(29-30)11-8-7-10(21(32)33)9-14(11)24;;/h1-9H,(H,32,33);;/q;+1;-1. The molecule has 1 heterocycles. The Morgan fingerprint density at radius 1 is 1.00 bits per heavy atom. The summed E-state index contributed by atoms with van der Waals surface area (Å²) in [5.74, 6) is -3.29. The van der Waals surface area contributed by atoms with E-state index in [1.54, 1.807) is 0 Å². The van der Waals surface area contributed by atoms with Crippen molar-refractivity contribution in [2.24, 2.45) is 0 Å². The van der Waals surface area contributed by atoms with E-state index >= 15 is 0 Å². The molecule has 0 saturated carbocycles. The summed E-state index contributed by atoms with van der Waals surface area (Å²) in [5, 5.41) is 12.4. The number of alkyl halides is 3. The molecule has 3 aromatic carbocycles. The van der Waals surface area contributed by atoms with Crippen molar-refractivity contribution in [2.45, 2.75) is 6.18 Å². The Hall–Kier alpha value is -2.43. The molecular formula is C22H11Cl2F4N2NaO3. The van der Waals surface area contributed by atoms with Crippen molar-refractivity contribution in [3.8, 4) is 11.3 Å². The van der Waals surface area contributed by atoms with Crippen LogP contribution >= 0.6 is 23.2 Å². The van der Waals surface area contributed by atoms with Crippen molar-refractivity contribution in [3.05, 3.63) is 87.2 Å². The molecule has 170 valence electrons. The minimum atomic E-state index is -4.89. The number of aromatic nitrogens is 2. The van der Waals surface area contributed by atoms with E-state index in [0.717, 1.165) is 24.3 Å². The van der Waals surface area contributed by atoms with E-state index in [1.165, 1.54) is 24.3 Å². The van der Waals surface area contributed by atoms with Gasteiger partial charge in [0.15, 0.2) is 0 Å². The molecule has 34 heavy (non-hydrogen) atoms. The van der Waals surface area contributed by atoms with Gasteiger partial charge in [0.05, 0.1) is 37.6 Å². The van der Waals surface area contributed by atoms with E-state index in [-0.39, 0.29) is 63.7 Å². The van der Waals surface area contributed by atoms with Crippen molar-refractivity contribution >= 4 is 46.0 Å². The molecule has 12 heteroatoms. The summed E-state index contributed by atoms with van der Waals surface area (Å²) >= 11 is 12.1. The van der Waals surface area contributed by atoms with Gasteiger partial charge in [0, 0.05) is 5.56 Å². The number of carbonyl (C=O) groups excluding carboxylic acids is 1. The molecule has 0 atom stereocenters. The van der Waals surface area contributed by atoms with E-state index in [4.69, 9.17) is 28.3 Å². The Kier molecular flexibility index (Phi) is 7.45. The second-order valence-electron chi connectivity index (χ2n) is 6.86. The van der Waals surface area contributed by atoms with Gasteiger partial charge in [0.1, 0.15) is 11.5 Å². The smallest absolute Gasteiger partial charge is 1.00 e. The molecule has 1 N–H and O–H groups in total. The molecule has 0 aliphatic rings. The van der Waals surface area contributed by atoms with Crippen LogP contribution in [0.2, 0.25) is 10.0 Å². The topological polar surface area (TPSA) is 72.2 Å². The summed E-state index contributed by atoms with van der Waals surface area (Å²) in [6, 6.07) is 10.1. The van der Waals surface area contributed by atoms with Crippen molar-refractivity contribution in [1.82, 2.24) is 9.78 Å². The number of carboxylic acid groups (broad SMARTS) is 1. The fourth-order valence-corrected chi connectivity index (χ4v) is 3.92. The maximum Gasteiger partial charge on any atom is 1.00 e. The molecule has 5 nitrogen and oxygen atoms in total. The molecule has 0 radical (unpaired) electrons. The average Bonchev–Trinajstić information content (AvgIpc) is 3.13. The number of nitrogens with zero attached hydrogens (tertiary/aromatic N) is 2. The van der Waals surface area contributed by atoms with Crippen LogP contribution in [0.4, 0.5) is 17.6 Å². The fraction of sp³-hybridized carbons (Fsp3) is 0.0455. The first kappa shape index (κ1) is 26.2. The Labute approximate surface area is 222 Å². The third kappa shape index (κ3) is 4.58. The molecule has 0 spiro atoms. The van der Waals surface area contributed by atoms with Crippen LogP contribution in [-0.4, -0.2) is 26.8 Å². The van der Waals surface area contributed by atoms with Gasteiger partial charge in [-0.15, -0.1) is 0 Å².